The molecule has 0 spiro atoms. The highest BCUT2D eigenvalue weighted by molar-refractivity contribution is 6.06. The fraction of sp³-hybridized carbons (Fsp3) is 0. The van der Waals surface area contributed by atoms with Gasteiger partial charge in [0.05, 0.1) is 6.33 Å². The molecule has 0 atom stereocenters. The summed E-state index contributed by atoms with van der Waals surface area (Å²) < 4.78 is 1.39. The van der Waals surface area contributed by atoms with Crippen molar-refractivity contribution in [3.05, 3.63) is 18.7 Å². The van der Waals surface area contributed by atoms with Gasteiger partial charge in [-0.25, -0.2) is 4.98 Å². The molecule has 0 saturated heterocycles. The Morgan fingerprint density at radius 2 is 2.67 bits per heavy atom. The predicted molar refractivity (Wildman–Crippen MR) is 25.5 cm³/mol. The van der Waals surface area contributed by atoms with Gasteiger partial charge in [-0.05, 0) is 0 Å². The number of hydrogen-bond acceptors (Lipinski definition) is 1. The maximum absolute atomic E-state index is 5.13. The van der Waals surface area contributed by atoms with Crippen molar-refractivity contribution in [3.63, 3.8) is 0 Å². The van der Waals surface area contributed by atoms with E-state index in [9.17, 15) is 0 Å². The largest absolute Gasteiger partial charge is 0.394 e. The number of rotatable bonds is 0. The van der Waals surface area contributed by atoms with Gasteiger partial charge in [-0.2, -0.15) is 0 Å². The highest BCUT2D eigenvalue weighted by atomic mass is 14.9. The molecule has 0 aliphatic carbocycles. The first-order chi connectivity index (χ1) is 2.89. The van der Waals surface area contributed by atoms with Gasteiger partial charge in [0, 0.05) is 13.8 Å². The topological polar surface area (TPSA) is 17.8 Å². The molecule has 3 heteroatoms. The van der Waals surface area contributed by atoms with Crippen LogP contribution in [0.3, 0.4) is 0 Å². The molecule has 0 N–H and O–H groups in total. The van der Waals surface area contributed by atoms with E-state index in [4.69, 9.17) is 7.98 Å². The van der Waals surface area contributed by atoms with Crippen molar-refractivity contribution >= 4 is 7.98 Å². The Morgan fingerprint density at radius 3 is 2.83 bits per heavy atom. The molecule has 0 aliphatic heterocycles. The third kappa shape index (κ3) is 0.430. The molecule has 0 unspecified atom stereocenters. The van der Waals surface area contributed by atoms with Gasteiger partial charge < -0.3 is 4.48 Å². The monoisotopic (exact) mass is 80.1 g/mol. The van der Waals surface area contributed by atoms with Crippen LogP contribution in [-0.2, 0) is 0 Å². The molecule has 0 bridgehead atoms. The molecule has 0 amide bonds. The number of imidazole rings is 1. The van der Waals surface area contributed by atoms with Crippen LogP contribution in [-0.4, -0.2) is 17.4 Å². The second-order valence-corrected chi connectivity index (χ2v) is 1.01. The molecule has 1 heterocycles. The van der Waals surface area contributed by atoms with E-state index in [0.717, 1.165) is 0 Å². The smallest absolute Gasteiger partial charge is 0.235 e. The predicted octanol–water partition coefficient (Wildman–Crippen LogP) is 0.0607. The summed E-state index contributed by atoms with van der Waals surface area (Å²) >= 11 is 0. The zero-order chi connectivity index (χ0) is 4.41. The average molecular weight is 79.9 g/mol. The highest BCUT2D eigenvalue weighted by Crippen LogP contribution is 1.72. The van der Waals surface area contributed by atoms with E-state index in [2.05, 4.69) is 4.98 Å². The van der Waals surface area contributed by atoms with Crippen LogP contribution in [0.4, 0.5) is 0 Å². The summed E-state index contributed by atoms with van der Waals surface area (Å²) in [7, 11) is 5.13. The second-order valence-electron chi connectivity index (χ2n) is 1.01. The Hall–Kier alpha value is -0.725. The van der Waals surface area contributed by atoms with Crippen LogP contribution in [0, 0.1) is 0 Å². The lowest BCUT2D eigenvalue weighted by Crippen LogP contribution is -1.81. The Labute approximate surface area is 38.7 Å². The zero-order valence-corrected chi connectivity index (χ0v) is 3.20. The Morgan fingerprint density at radius 1 is 1.83 bits per heavy atom. The lowest BCUT2D eigenvalue weighted by Gasteiger charge is -1.76. The van der Waals surface area contributed by atoms with Crippen molar-refractivity contribution in [2.75, 3.05) is 0 Å². The van der Waals surface area contributed by atoms with Gasteiger partial charge in [-0.1, -0.05) is 0 Å². The molecule has 1 rings (SSSR count). The van der Waals surface area contributed by atoms with Crippen LogP contribution < -0.4 is 0 Å². The summed E-state index contributed by atoms with van der Waals surface area (Å²) in [6.45, 7) is 0. The lowest BCUT2D eigenvalue weighted by atomic mass is 10.4. The van der Waals surface area contributed by atoms with E-state index in [1.165, 1.54) is 10.8 Å². The standard InChI is InChI=1S/C3H3BN2.H2/c4-6-2-1-5-3-6;/h1-3H;1H. The molecule has 6 heavy (non-hydrogen) atoms. The quantitative estimate of drug-likeness (QED) is 0.403. The lowest BCUT2D eigenvalue weighted by molar-refractivity contribution is 1.21. The zero-order valence-electron chi connectivity index (χ0n) is 3.20. The van der Waals surface area contributed by atoms with Crippen LogP contribution in [0.25, 0.3) is 0 Å². The van der Waals surface area contributed by atoms with Crippen LogP contribution >= 0.6 is 0 Å². The van der Waals surface area contributed by atoms with Gasteiger partial charge in [0.1, 0.15) is 0 Å². The van der Waals surface area contributed by atoms with E-state index in [0.29, 0.717) is 0 Å². The summed E-state index contributed by atoms with van der Waals surface area (Å²) in [6.07, 6.45) is 4.82. The molecule has 2 radical (unpaired) electrons. The summed E-state index contributed by atoms with van der Waals surface area (Å²) in [5.41, 5.74) is 0. The van der Waals surface area contributed by atoms with Crippen molar-refractivity contribution in [2.24, 2.45) is 0 Å². The van der Waals surface area contributed by atoms with Crippen molar-refractivity contribution in [1.29, 1.82) is 0 Å². The minimum atomic E-state index is 0. The summed E-state index contributed by atoms with van der Waals surface area (Å²) in [5, 5.41) is 0. The molecule has 0 saturated carbocycles. The van der Waals surface area contributed by atoms with E-state index in [1.54, 1.807) is 12.4 Å². The fourth-order valence-electron chi connectivity index (χ4n) is 0.269. The normalized spacial score (nSPS) is 8.67. The maximum atomic E-state index is 5.13. The van der Waals surface area contributed by atoms with Gasteiger partial charge >= 0.3 is 0 Å². The van der Waals surface area contributed by atoms with Crippen molar-refractivity contribution < 1.29 is 1.43 Å². The van der Waals surface area contributed by atoms with E-state index >= 15 is 0 Å². The van der Waals surface area contributed by atoms with Gasteiger partial charge in [0.15, 0.2) is 0 Å². The van der Waals surface area contributed by atoms with Crippen LogP contribution in [0.1, 0.15) is 1.43 Å². The SMILES string of the molecule is [B]n1ccnc1.[HH]. The number of nitrogens with zero attached hydrogens (tertiary/aromatic N) is 2. The minimum Gasteiger partial charge on any atom is -0.394 e. The van der Waals surface area contributed by atoms with E-state index < -0.39 is 0 Å². The highest BCUT2D eigenvalue weighted by Gasteiger charge is 1.69. The Balaban J connectivity index is 0.000000360. The minimum absolute atomic E-state index is 0. The summed E-state index contributed by atoms with van der Waals surface area (Å²) in [5.74, 6) is 0. The average Bonchev–Trinajstić information content (AvgIpc) is 1.86. The maximum Gasteiger partial charge on any atom is 0.235 e. The molecule has 1 aromatic rings. The first kappa shape index (κ1) is 3.46. The summed E-state index contributed by atoms with van der Waals surface area (Å²) in [6, 6.07) is 0. The first-order valence-corrected chi connectivity index (χ1v) is 1.62. The third-order valence-corrected chi connectivity index (χ3v) is 0.525. The fourth-order valence-corrected chi connectivity index (χ4v) is 0.269. The van der Waals surface area contributed by atoms with E-state index in [-0.39, 0.29) is 1.43 Å². The summed E-state index contributed by atoms with van der Waals surface area (Å²) in [4.78, 5) is 3.66. The molecule has 30 valence electrons. The molecule has 0 fully saturated rings. The van der Waals surface area contributed by atoms with Gasteiger partial charge in [0.2, 0.25) is 7.98 Å². The number of aromatic nitrogens is 2. The molecule has 0 aromatic carbocycles. The molecular formula is C3H5BN2. The Kier molecular flexibility index (Phi) is 0.672. The van der Waals surface area contributed by atoms with Crippen molar-refractivity contribution in [3.8, 4) is 0 Å². The van der Waals surface area contributed by atoms with Gasteiger partial charge in [0.25, 0.3) is 0 Å². The van der Waals surface area contributed by atoms with Crippen LogP contribution in [0.5, 0.6) is 0 Å². The molecule has 1 aromatic heterocycles. The molecular weight excluding hydrogens is 74.9 g/mol. The van der Waals surface area contributed by atoms with Gasteiger partial charge in [-0.15, -0.1) is 0 Å². The van der Waals surface area contributed by atoms with E-state index in [1.807, 2.05) is 0 Å². The molecule has 2 nitrogen and oxygen atoms in total. The number of hydrogen-bond donors (Lipinski definition) is 0. The van der Waals surface area contributed by atoms with Crippen molar-refractivity contribution in [1.82, 2.24) is 9.46 Å². The van der Waals surface area contributed by atoms with Crippen LogP contribution in [0.15, 0.2) is 18.7 Å². The third-order valence-electron chi connectivity index (χ3n) is 0.525. The van der Waals surface area contributed by atoms with Crippen molar-refractivity contribution in [2.45, 2.75) is 0 Å². The molecule has 0 aliphatic rings. The van der Waals surface area contributed by atoms with Gasteiger partial charge in [-0.3, -0.25) is 0 Å². The Bertz CT molecular complexity index is 116. The second kappa shape index (κ2) is 1.16. The van der Waals surface area contributed by atoms with Crippen LogP contribution in [0.2, 0.25) is 0 Å². The first-order valence-electron chi connectivity index (χ1n) is 1.62.